The summed E-state index contributed by atoms with van der Waals surface area (Å²) in [5.74, 6) is -5.46. The molecule has 1 fully saturated rings. The quantitative estimate of drug-likeness (QED) is 0.381. The molecule has 0 bridgehead atoms. The number of carbonyl (C=O) groups excluding carboxylic acids is 3. The van der Waals surface area contributed by atoms with Crippen LogP contribution in [-0.4, -0.2) is 73.6 Å². The van der Waals surface area contributed by atoms with Crippen LogP contribution in [0.25, 0.3) is 0 Å². The number of benzene rings is 1. The van der Waals surface area contributed by atoms with Crippen molar-refractivity contribution in [2.24, 2.45) is 0 Å². The Balaban J connectivity index is 1.58. The number of rotatable bonds is 6. The van der Waals surface area contributed by atoms with Crippen LogP contribution in [0.5, 0.6) is 0 Å². The zero-order chi connectivity index (χ0) is 31.0. The number of ether oxygens (including phenoxy) is 1. The van der Waals surface area contributed by atoms with Gasteiger partial charge < -0.3 is 24.4 Å². The van der Waals surface area contributed by atoms with E-state index < -0.39 is 77.5 Å². The third-order valence-corrected chi connectivity index (χ3v) is 7.52. The molecule has 0 aliphatic carbocycles. The fourth-order valence-electron chi connectivity index (χ4n) is 4.67. The molecule has 3 heterocycles. The summed E-state index contributed by atoms with van der Waals surface area (Å²) in [7, 11) is 0. The van der Waals surface area contributed by atoms with Gasteiger partial charge in [0.2, 0.25) is 11.7 Å². The van der Waals surface area contributed by atoms with Crippen LogP contribution < -0.4 is 5.32 Å². The van der Waals surface area contributed by atoms with Gasteiger partial charge in [-0.3, -0.25) is 9.59 Å². The van der Waals surface area contributed by atoms with E-state index >= 15 is 0 Å². The predicted octanol–water partition coefficient (Wildman–Crippen LogP) is 4.33. The smallest absolute Gasteiger partial charge is 0.444 e. The van der Waals surface area contributed by atoms with Crippen LogP contribution in [0, 0.1) is 17.5 Å². The number of hydrogen-bond acceptors (Lipinski definition) is 6. The van der Waals surface area contributed by atoms with E-state index in [4.69, 9.17) is 4.74 Å². The van der Waals surface area contributed by atoms with Gasteiger partial charge in [0.05, 0.1) is 18.1 Å². The Morgan fingerprint density at radius 2 is 1.71 bits per heavy atom. The number of carbonyl (C=O) groups is 3. The second-order valence-corrected chi connectivity index (χ2v) is 12.0. The maximum Gasteiger partial charge on any atom is 0.449 e. The highest BCUT2D eigenvalue weighted by atomic mass is 32.2. The number of hydrogen-bond donors (Lipinski definition) is 1. The Bertz CT molecular complexity index is 1370. The molecule has 0 radical (unpaired) electrons. The number of thioether (sulfide) groups is 1. The number of nitrogens with zero attached hydrogens (tertiary/aromatic N) is 4. The number of halogens is 6. The molecule has 1 atom stereocenters. The average Bonchev–Trinajstić information content (AvgIpc) is 3.53. The lowest BCUT2D eigenvalue weighted by atomic mass is 10.0. The minimum Gasteiger partial charge on any atom is -0.444 e. The second kappa shape index (κ2) is 12.1. The zero-order valence-corrected chi connectivity index (χ0v) is 23.8. The van der Waals surface area contributed by atoms with Gasteiger partial charge in [0.15, 0.2) is 17.3 Å². The molecule has 1 aromatic heterocycles. The van der Waals surface area contributed by atoms with Gasteiger partial charge in [-0.1, -0.05) is 0 Å². The average molecular weight is 622 g/mol. The monoisotopic (exact) mass is 621 g/mol. The summed E-state index contributed by atoms with van der Waals surface area (Å²) < 4.78 is 89.1. The SMILES string of the molecule is CC(C)(C)OC(=O)NC(CC(=O)N1CCn2c(C(F)(F)F)nc(C(=O)N3CCSC3)c2C1)Cc1cc(F)c(F)cc1F. The van der Waals surface area contributed by atoms with Crippen LogP contribution in [0.4, 0.5) is 31.1 Å². The van der Waals surface area contributed by atoms with Crippen LogP contribution >= 0.6 is 11.8 Å². The summed E-state index contributed by atoms with van der Waals surface area (Å²) in [4.78, 5) is 45.1. The van der Waals surface area contributed by atoms with Crippen molar-refractivity contribution in [2.75, 3.05) is 24.7 Å². The van der Waals surface area contributed by atoms with Gasteiger partial charge in [0, 0.05) is 43.9 Å². The highest BCUT2D eigenvalue weighted by Gasteiger charge is 2.42. The molecule has 42 heavy (non-hydrogen) atoms. The summed E-state index contributed by atoms with van der Waals surface area (Å²) in [5, 5.41) is 2.44. The van der Waals surface area contributed by atoms with E-state index in [0.29, 0.717) is 30.3 Å². The first-order valence-corrected chi connectivity index (χ1v) is 14.1. The molecule has 0 spiro atoms. The Morgan fingerprint density at radius 1 is 1.02 bits per heavy atom. The van der Waals surface area contributed by atoms with Gasteiger partial charge >= 0.3 is 12.3 Å². The molecule has 0 saturated carbocycles. The van der Waals surface area contributed by atoms with Crippen LogP contribution in [0.2, 0.25) is 0 Å². The summed E-state index contributed by atoms with van der Waals surface area (Å²) in [5.41, 5.74) is -1.71. The van der Waals surface area contributed by atoms with E-state index in [9.17, 15) is 40.7 Å². The number of nitrogens with one attached hydrogen (secondary N) is 1. The van der Waals surface area contributed by atoms with Crippen molar-refractivity contribution in [2.45, 2.75) is 64.5 Å². The first kappa shape index (κ1) is 31.5. The Morgan fingerprint density at radius 3 is 2.33 bits per heavy atom. The molecule has 1 N–H and O–H groups in total. The molecule has 4 rings (SSSR count). The van der Waals surface area contributed by atoms with Crippen LogP contribution in [0.1, 0.15) is 54.8 Å². The molecular weight excluding hydrogens is 592 g/mol. The summed E-state index contributed by atoms with van der Waals surface area (Å²) in [6.45, 7) is 4.28. The number of aromatic nitrogens is 2. The van der Waals surface area contributed by atoms with Crippen molar-refractivity contribution in [3.05, 3.63) is 52.4 Å². The second-order valence-electron chi connectivity index (χ2n) is 10.9. The first-order valence-electron chi connectivity index (χ1n) is 13.0. The third kappa shape index (κ3) is 7.31. The van der Waals surface area contributed by atoms with E-state index in [1.807, 2.05) is 0 Å². The van der Waals surface area contributed by atoms with Crippen molar-refractivity contribution in [1.82, 2.24) is 24.7 Å². The van der Waals surface area contributed by atoms with Crippen molar-refractivity contribution < 1.29 is 45.5 Å². The van der Waals surface area contributed by atoms with Crippen molar-refractivity contribution in [3.63, 3.8) is 0 Å². The van der Waals surface area contributed by atoms with Crippen LogP contribution in [-0.2, 0) is 35.2 Å². The maximum absolute atomic E-state index is 14.4. The lowest BCUT2D eigenvalue weighted by Gasteiger charge is -2.31. The van der Waals surface area contributed by atoms with E-state index in [1.165, 1.54) is 21.6 Å². The normalized spacial score (nSPS) is 16.3. The van der Waals surface area contributed by atoms with Crippen molar-refractivity contribution >= 4 is 29.7 Å². The highest BCUT2D eigenvalue weighted by molar-refractivity contribution is 7.99. The number of fused-ring (bicyclic) bond motifs is 1. The summed E-state index contributed by atoms with van der Waals surface area (Å²) in [6, 6.07) is -0.198. The molecular formula is C26H29F6N5O4S. The Kier molecular flexibility index (Phi) is 9.04. The molecule has 2 aromatic rings. The minimum atomic E-state index is -4.84. The molecule has 9 nitrogen and oxygen atoms in total. The van der Waals surface area contributed by atoms with Crippen molar-refractivity contribution in [3.8, 4) is 0 Å². The molecule has 1 aromatic carbocycles. The summed E-state index contributed by atoms with van der Waals surface area (Å²) >= 11 is 1.45. The first-order chi connectivity index (χ1) is 19.5. The maximum atomic E-state index is 14.4. The molecule has 1 saturated heterocycles. The molecule has 3 amide bonds. The van der Waals surface area contributed by atoms with Gasteiger partial charge in [-0.25, -0.2) is 22.9 Å². The van der Waals surface area contributed by atoms with Crippen LogP contribution in [0.3, 0.4) is 0 Å². The molecule has 16 heteroatoms. The van der Waals surface area contributed by atoms with E-state index in [1.54, 1.807) is 20.8 Å². The van der Waals surface area contributed by atoms with E-state index in [-0.39, 0.29) is 30.9 Å². The highest BCUT2D eigenvalue weighted by Crippen LogP contribution is 2.33. The molecule has 1 unspecified atom stereocenters. The van der Waals surface area contributed by atoms with Gasteiger partial charge in [0.25, 0.3) is 5.91 Å². The molecule has 2 aliphatic heterocycles. The van der Waals surface area contributed by atoms with Crippen LogP contribution in [0.15, 0.2) is 12.1 Å². The lowest BCUT2D eigenvalue weighted by Crippen LogP contribution is -2.46. The fourth-order valence-corrected chi connectivity index (χ4v) is 5.61. The Labute approximate surface area is 241 Å². The standard InChI is InChI=1S/C26H29F6N5O4S/c1-25(2,3)41-24(40)33-15(8-14-9-17(28)18(29)11-16(14)27)10-20(38)35-4-5-37-19(12-35)21(34-23(37)26(30,31)32)22(39)36-6-7-42-13-36/h9,11,15H,4-8,10,12-13H2,1-3H3,(H,33,40). The predicted molar refractivity (Wildman–Crippen MR) is 139 cm³/mol. The van der Waals surface area contributed by atoms with Crippen molar-refractivity contribution in [1.29, 1.82) is 0 Å². The summed E-state index contributed by atoms with van der Waals surface area (Å²) in [6.07, 6.45) is -6.69. The molecule has 2 aliphatic rings. The molecule has 230 valence electrons. The lowest BCUT2D eigenvalue weighted by molar-refractivity contribution is -0.148. The Hall–Kier alpha value is -3.43. The fraction of sp³-hybridized carbons (Fsp3) is 0.538. The van der Waals surface area contributed by atoms with E-state index in [0.717, 1.165) is 4.57 Å². The zero-order valence-electron chi connectivity index (χ0n) is 23.0. The minimum absolute atomic E-state index is 0.0767. The van der Waals surface area contributed by atoms with Gasteiger partial charge in [-0.15, -0.1) is 11.8 Å². The number of alkyl halides is 3. The largest absolute Gasteiger partial charge is 0.449 e. The topological polar surface area (TPSA) is 96.8 Å². The van der Waals surface area contributed by atoms with Gasteiger partial charge in [-0.05, 0) is 38.8 Å². The van der Waals surface area contributed by atoms with E-state index in [2.05, 4.69) is 10.3 Å². The number of amides is 3. The van der Waals surface area contributed by atoms with Gasteiger partial charge in [0.1, 0.15) is 11.4 Å². The number of imidazole rings is 1. The third-order valence-electron chi connectivity index (χ3n) is 6.55. The number of alkyl carbamates (subject to hydrolysis) is 1. The van der Waals surface area contributed by atoms with Gasteiger partial charge in [-0.2, -0.15) is 13.2 Å².